The first-order valence-corrected chi connectivity index (χ1v) is 21.1. The molecule has 1 heterocycles. The zero-order valence-electron chi connectivity index (χ0n) is 34.1. The Morgan fingerprint density at radius 2 is 0.796 bits per heavy atom. The second-order valence-electron chi connectivity index (χ2n) is 17.8. The number of carbonyl (C=O) groups is 1. The van der Waals surface area contributed by atoms with Crippen LogP contribution in [0.5, 0.6) is 0 Å². The summed E-state index contributed by atoms with van der Waals surface area (Å²) in [5.74, 6) is 3.87. The summed E-state index contributed by atoms with van der Waals surface area (Å²) in [7, 11) is -0.676. The maximum Gasteiger partial charge on any atom is 0.134 e. The SMILES string of the molecule is CC(C)c1cc(C(C)C)c(-c2cccc(-c3c(C(C)C)cc(C(C)C)cc3C(C)C)c2P2C(C(C)C)CC(=O)CC2C(C)C)c(C(C)C)c1. The lowest BCUT2D eigenvalue weighted by atomic mass is 9.79. The van der Waals surface area contributed by atoms with Crippen LogP contribution in [-0.2, 0) is 4.79 Å². The van der Waals surface area contributed by atoms with Crippen molar-refractivity contribution in [3.8, 4) is 22.3 Å². The summed E-state index contributed by atoms with van der Waals surface area (Å²) in [6, 6.07) is 17.4. The van der Waals surface area contributed by atoms with Gasteiger partial charge in [0.25, 0.3) is 0 Å². The molecule has 0 saturated carbocycles. The minimum atomic E-state index is -0.676. The van der Waals surface area contributed by atoms with Gasteiger partial charge in [-0.25, -0.2) is 0 Å². The van der Waals surface area contributed by atoms with E-state index < -0.39 is 7.92 Å². The van der Waals surface area contributed by atoms with Crippen molar-refractivity contribution in [3.63, 3.8) is 0 Å². The van der Waals surface area contributed by atoms with Crippen LogP contribution in [0, 0.1) is 11.8 Å². The highest BCUT2D eigenvalue weighted by molar-refractivity contribution is 7.68. The molecule has 0 spiro atoms. The van der Waals surface area contributed by atoms with E-state index in [1.165, 1.54) is 55.6 Å². The summed E-state index contributed by atoms with van der Waals surface area (Å²) in [4.78, 5) is 13.6. The fraction of sp³-hybridized carbons (Fsp3) is 0.596. The smallest absolute Gasteiger partial charge is 0.134 e. The van der Waals surface area contributed by atoms with Crippen molar-refractivity contribution in [1.29, 1.82) is 0 Å². The summed E-state index contributed by atoms with van der Waals surface area (Å²) < 4.78 is 0. The molecule has 3 aromatic rings. The summed E-state index contributed by atoms with van der Waals surface area (Å²) in [5, 5.41) is 1.57. The molecule has 2 unspecified atom stereocenters. The highest BCUT2D eigenvalue weighted by Gasteiger charge is 2.43. The third-order valence-electron chi connectivity index (χ3n) is 11.2. The topological polar surface area (TPSA) is 17.1 Å². The third-order valence-corrected chi connectivity index (χ3v) is 15.2. The van der Waals surface area contributed by atoms with E-state index in [1.54, 1.807) is 5.30 Å². The molecule has 0 bridgehead atoms. The first kappa shape index (κ1) is 39.5. The molecule has 1 saturated heterocycles. The zero-order valence-corrected chi connectivity index (χ0v) is 35.0. The van der Waals surface area contributed by atoms with Crippen LogP contribution in [0.25, 0.3) is 22.3 Å². The Bertz CT molecular complexity index is 1440. The summed E-state index contributed by atoms with van der Waals surface area (Å²) >= 11 is 0. The van der Waals surface area contributed by atoms with Crippen molar-refractivity contribution >= 4 is 19.0 Å². The van der Waals surface area contributed by atoms with Crippen LogP contribution < -0.4 is 5.30 Å². The Labute approximate surface area is 303 Å². The fourth-order valence-corrected chi connectivity index (χ4v) is 12.4. The van der Waals surface area contributed by atoms with Gasteiger partial charge in [-0.2, -0.15) is 0 Å². The van der Waals surface area contributed by atoms with Gasteiger partial charge < -0.3 is 0 Å². The summed E-state index contributed by atoms with van der Waals surface area (Å²) in [5.41, 5.74) is 15.3. The summed E-state index contributed by atoms with van der Waals surface area (Å²) in [6.45, 7) is 37.9. The molecule has 0 radical (unpaired) electrons. The van der Waals surface area contributed by atoms with Crippen LogP contribution in [0.3, 0.4) is 0 Å². The Morgan fingerprint density at radius 3 is 1.04 bits per heavy atom. The molecule has 1 nitrogen and oxygen atoms in total. The van der Waals surface area contributed by atoms with E-state index >= 15 is 0 Å². The number of hydrogen-bond acceptors (Lipinski definition) is 1. The molecule has 0 N–H and O–H groups in total. The quantitative estimate of drug-likeness (QED) is 0.184. The van der Waals surface area contributed by atoms with Crippen molar-refractivity contribution in [2.24, 2.45) is 11.8 Å². The Hall–Kier alpha value is -2.24. The van der Waals surface area contributed by atoms with Gasteiger partial charge in [0.2, 0.25) is 0 Å². The monoisotopic (exact) mass is 681 g/mol. The van der Waals surface area contributed by atoms with Gasteiger partial charge in [0.15, 0.2) is 0 Å². The Morgan fingerprint density at radius 1 is 0.490 bits per heavy atom. The average Bonchev–Trinajstić information content (AvgIpc) is 3.02. The van der Waals surface area contributed by atoms with E-state index in [0.717, 1.165) is 0 Å². The maximum absolute atomic E-state index is 13.6. The molecule has 49 heavy (non-hydrogen) atoms. The number of hydrogen-bond donors (Lipinski definition) is 0. The highest BCUT2D eigenvalue weighted by atomic mass is 31.1. The van der Waals surface area contributed by atoms with E-state index in [4.69, 9.17) is 0 Å². The third kappa shape index (κ3) is 8.14. The molecule has 0 aromatic heterocycles. The molecule has 0 amide bonds. The van der Waals surface area contributed by atoms with Crippen LogP contribution in [0.1, 0.15) is 193 Å². The average molecular weight is 681 g/mol. The van der Waals surface area contributed by atoms with Gasteiger partial charge >= 0.3 is 0 Å². The number of Topliss-reactive ketones (excluding diaryl/α,β-unsaturated/α-hetero) is 1. The minimum absolute atomic E-state index is 0.364. The van der Waals surface area contributed by atoms with Crippen molar-refractivity contribution < 1.29 is 4.79 Å². The Kier molecular flexibility index (Phi) is 12.9. The molecule has 4 rings (SSSR count). The van der Waals surface area contributed by atoms with Crippen molar-refractivity contribution in [1.82, 2.24) is 0 Å². The minimum Gasteiger partial charge on any atom is -0.300 e. The molecular weight excluding hydrogens is 611 g/mol. The van der Waals surface area contributed by atoms with Crippen molar-refractivity contribution in [2.75, 3.05) is 0 Å². The van der Waals surface area contributed by atoms with Crippen LogP contribution in [-0.4, -0.2) is 17.1 Å². The van der Waals surface area contributed by atoms with Gasteiger partial charge in [0.1, 0.15) is 5.78 Å². The number of benzene rings is 3. The standard InChI is InChI=1S/C47H69OP/c1-26(2)34-20-39(28(5)6)45(40(21-34)29(7)8)37-18-17-19-38(46-41(30(9)10)22-35(27(3)4)23-42(46)31(11)12)47(37)49-43(32(13)14)24-36(48)25-44(49)33(15)16/h17-23,26-33,43-44H,24-25H2,1-16H3. The summed E-state index contributed by atoms with van der Waals surface area (Å²) in [6.07, 6.45) is 1.42. The van der Waals surface area contributed by atoms with Crippen LogP contribution >= 0.6 is 7.92 Å². The van der Waals surface area contributed by atoms with Crippen LogP contribution in [0.4, 0.5) is 0 Å². The zero-order chi connectivity index (χ0) is 36.6. The molecule has 1 aliphatic rings. The first-order valence-electron chi connectivity index (χ1n) is 19.7. The maximum atomic E-state index is 13.6. The van der Waals surface area contributed by atoms with Gasteiger partial charge in [-0.05, 0) is 120 Å². The molecule has 3 aromatic carbocycles. The molecule has 0 aliphatic carbocycles. The van der Waals surface area contributed by atoms with E-state index in [0.29, 0.717) is 77.3 Å². The predicted octanol–water partition coefficient (Wildman–Crippen LogP) is 14.3. The van der Waals surface area contributed by atoms with Crippen molar-refractivity contribution in [3.05, 3.63) is 75.8 Å². The van der Waals surface area contributed by atoms with E-state index in [-0.39, 0.29) is 0 Å². The van der Waals surface area contributed by atoms with E-state index in [1.807, 2.05) is 0 Å². The largest absolute Gasteiger partial charge is 0.300 e. The molecule has 2 atom stereocenters. The second kappa shape index (κ2) is 16.0. The molecular formula is C47H69OP. The first-order chi connectivity index (χ1) is 22.9. The number of rotatable bonds is 11. The van der Waals surface area contributed by atoms with Gasteiger partial charge in [0.05, 0.1) is 0 Å². The lowest BCUT2D eigenvalue weighted by Gasteiger charge is -2.44. The van der Waals surface area contributed by atoms with Crippen molar-refractivity contribution in [2.45, 2.75) is 170 Å². The lowest BCUT2D eigenvalue weighted by molar-refractivity contribution is -0.119. The molecule has 1 fully saturated rings. The highest BCUT2D eigenvalue weighted by Crippen LogP contribution is 2.60. The van der Waals surface area contributed by atoms with Crippen LogP contribution in [0.2, 0.25) is 0 Å². The second-order valence-corrected chi connectivity index (χ2v) is 20.3. The fourth-order valence-electron chi connectivity index (χ4n) is 8.20. The lowest BCUT2D eigenvalue weighted by Crippen LogP contribution is -2.38. The molecule has 2 heteroatoms. The van der Waals surface area contributed by atoms with Gasteiger partial charge in [-0.3, -0.25) is 4.79 Å². The van der Waals surface area contributed by atoms with E-state index in [2.05, 4.69) is 153 Å². The predicted molar refractivity (Wildman–Crippen MR) is 220 cm³/mol. The normalized spacial score (nSPS) is 18.9. The molecule has 268 valence electrons. The van der Waals surface area contributed by atoms with Gasteiger partial charge in [-0.15, -0.1) is 0 Å². The van der Waals surface area contributed by atoms with E-state index in [9.17, 15) is 4.79 Å². The van der Waals surface area contributed by atoms with Crippen LogP contribution in [0.15, 0.2) is 42.5 Å². The number of carbonyl (C=O) groups excluding carboxylic acids is 1. The Balaban J connectivity index is 2.32. The van der Waals surface area contributed by atoms with Gasteiger partial charge in [-0.1, -0.05) is 161 Å². The number of ketones is 1. The molecule has 1 aliphatic heterocycles. The van der Waals surface area contributed by atoms with Gasteiger partial charge in [0, 0.05) is 12.8 Å².